The quantitative estimate of drug-likeness (QED) is 0.544. The molecule has 0 radical (unpaired) electrons. The van der Waals surface area contributed by atoms with Gasteiger partial charge in [0.1, 0.15) is 6.33 Å². The van der Waals surface area contributed by atoms with Crippen LogP contribution in [0.15, 0.2) is 6.33 Å². The number of H-pyrrole nitrogens is 1. The molecule has 0 fully saturated rings. The number of rotatable bonds is 4. The van der Waals surface area contributed by atoms with Crippen molar-refractivity contribution in [2.75, 3.05) is 6.54 Å². The second-order valence-electron chi connectivity index (χ2n) is 2.21. The van der Waals surface area contributed by atoms with Crippen LogP contribution in [0.4, 0.5) is 0 Å². The molecule has 70 valence electrons. The van der Waals surface area contributed by atoms with E-state index in [1.165, 1.54) is 6.33 Å². The van der Waals surface area contributed by atoms with Crippen LogP contribution in [0.5, 0.6) is 0 Å². The van der Waals surface area contributed by atoms with Gasteiger partial charge in [-0.15, -0.1) is 0 Å². The molecule has 0 atom stereocenters. The van der Waals surface area contributed by atoms with Gasteiger partial charge in [0.25, 0.3) is 5.91 Å². The van der Waals surface area contributed by atoms with Crippen LogP contribution in [0.3, 0.4) is 0 Å². The van der Waals surface area contributed by atoms with Crippen LogP contribution in [0, 0.1) is 0 Å². The molecule has 1 aromatic rings. The van der Waals surface area contributed by atoms with Gasteiger partial charge in [0.15, 0.2) is 0 Å². The Bertz CT molecular complexity index is 295. The molecule has 1 heterocycles. The van der Waals surface area contributed by atoms with Crippen molar-refractivity contribution in [3.63, 3.8) is 0 Å². The number of amides is 1. The standard InChI is InChI=1S/C6H8N4O3/c11-4(12)1-2-7-6(13)5-8-3-9-10-5/h3H,1-2H2,(H,7,13)(H,11,12)(H,8,9,10)/p-1. The van der Waals surface area contributed by atoms with Gasteiger partial charge in [0.05, 0.1) is 0 Å². The number of aliphatic carboxylic acids is 1. The highest BCUT2D eigenvalue weighted by Crippen LogP contribution is 1.84. The molecule has 1 aromatic heterocycles. The molecule has 2 N–H and O–H groups in total. The van der Waals surface area contributed by atoms with Crippen LogP contribution in [0.25, 0.3) is 0 Å². The Labute approximate surface area is 73.2 Å². The Kier molecular flexibility index (Phi) is 2.96. The maximum Gasteiger partial charge on any atom is 0.288 e. The van der Waals surface area contributed by atoms with E-state index >= 15 is 0 Å². The van der Waals surface area contributed by atoms with Gasteiger partial charge >= 0.3 is 0 Å². The summed E-state index contributed by atoms with van der Waals surface area (Å²) in [5.41, 5.74) is 0. The smallest absolute Gasteiger partial charge is 0.288 e. The predicted octanol–water partition coefficient (Wildman–Crippen LogP) is -2.33. The summed E-state index contributed by atoms with van der Waals surface area (Å²) in [4.78, 5) is 24.6. The second kappa shape index (κ2) is 4.19. The first-order valence-electron chi connectivity index (χ1n) is 3.53. The molecule has 7 heteroatoms. The summed E-state index contributed by atoms with van der Waals surface area (Å²) < 4.78 is 0. The van der Waals surface area contributed by atoms with E-state index in [1.54, 1.807) is 0 Å². The number of carboxylic acid groups (broad SMARTS) is 1. The number of nitrogens with zero attached hydrogens (tertiary/aromatic N) is 2. The first-order valence-corrected chi connectivity index (χ1v) is 3.53. The summed E-state index contributed by atoms with van der Waals surface area (Å²) in [6.07, 6.45) is 0.966. The maximum absolute atomic E-state index is 11.0. The lowest BCUT2D eigenvalue weighted by molar-refractivity contribution is -0.305. The Balaban J connectivity index is 2.31. The summed E-state index contributed by atoms with van der Waals surface area (Å²) in [7, 11) is 0. The molecule has 0 aliphatic carbocycles. The van der Waals surface area contributed by atoms with Gasteiger partial charge < -0.3 is 15.2 Å². The van der Waals surface area contributed by atoms with E-state index in [0.717, 1.165) is 0 Å². The predicted molar refractivity (Wildman–Crippen MR) is 38.3 cm³/mol. The van der Waals surface area contributed by atoms with Crippen molar-refractivity contribution < 1.29 is 14.7 Å². The summed E-state index contributed by atoms with van der Waals surface area (Å²) in [6, 6.07) is 0. The molecular formula is C6H7N4O3-. The zero-order chi connectivity index (χ0) is 9.68. The third-order valence-electron chi connectivity index (χ3n) is 1.24. The molecule has 0 aliphatic rings. The van der Waals surface area contributed by atoms with E-state index in [0.29, 0.717) is 0 Å². The summed E-state index contributed by atoms with van der Waals surface area (Å²) >= 11 is 0. The number of carboxylic acids is 1. The number of carbonyl (C=O) groups excluding carboxylic acids is 2. The Morgan fingerprint density at radius 1 is 1.62 bits per heavy atom. The second-order valence-corrected chi connectivity index (χ2v) is 2.21. The van der Waals surface area contributed by atoms with E-state index in [-0.39, 0.29) is 18.8 Å². The molecule has 0 saturated heterocycles. The molecule has 1 rings (SSSR count). The van der Waals surface area contributed by atoms with Crippen LogP contribution >= 0.6 is 0 Å². The van der Waals surface area contributed by atoms with Gasteiger partial charge in [-0.05, 0) is 0 Å². The molecule has 0 bridgehead atoms. The molecule has 13 heavy (non-hydrogen) atoms. The maximum atomic E-state index is 11.0. The average Bonchev–Trinajstić information content (AvgIpc) is 2.55. The molecule has 1 amide bonds. The Morgan fingerprint density at radius 3 is 2.92 bits per heavy atom. The van der Waals surface area contributed by atoms with E-state index in [4.69, 9.17) is 0 Å². The minimum Gasteiger partial charge on any atom is -0.550 e. The van der Waals surface area contributed by atoms with Crippen LogP contribution < -0.4 is 10.4 Å². The lowest BCUT2D eigenvalue weighted by Gasteiger charge is -2.02. The van der Waals surface area contributed by atoms with Crippen molar-refractivity contribution in [2.24, 2.45) is 0 Å². The normalized spacial score (nSPS) is 9.54. The van der Waals surface area contributed by atoms with Crippen molar-refractivity contribution in [1.82, 2.24) is 20.5 Å². The average molecular weight is 183 g/mol. The molecule has 7 nitrogen and oxygen atoms in total. The van der Waals surface area contributed by atoms with Crippen molar-refractivity contribution >= 4 is 11.9 Å². The van der Waals surface area contributed by atoms with Crippen molar-refractivity contribution in [3.05, 3.63) is 12.2 Å². The fourth-order valence-electron chi connectivity index (χ4n) is 0.677. The van der Waals surface area contributed by atoms with Gasteiger partial charge in [-0.3, -0.25) is 9.89 Å². The van der Waals surface area contributed by atoms with Crippen molar-refractivity contribution in [3.8, 4) is 0 Å². The molecule has 0 spiro atoms. The van der Waals surface area contributed by atoms with Gasteiger partial charge in [-0.1, -0.05) is 0 Å². The Hall–Kier alpha value is -1.92. The number of carbonyl (C=O) groups is 2. The molecular weight excluding hydrogens is 176 g/mol. The summed E-state index contributed by atoms with van der Waals surface area (Å²) in [5, 5.41) is 18.1. The number of aromatic nitrogens is 3. The lowest BCUT2D eigenvalue weighted by atomic mass is 10.4. The van der Waals surface area contributed by atoms with E-state index in [1.807, 2.05) is 0 Å². The SMILES string of the molecule is O=C([O-])CCNC(=O)c1ncn[nH]1. The van der Waals surface area contributed by atoms with Crippen molar-refractivity contribution in [2.45, 2.75) is 6.42 Å². The fourth-order valence-corrected chi connectivity index (χ4v) is 0.677. The topological polar surface area (TPSA) is 111 Å². The number of aromatic amines is 1. The molecule has 0 aromatic carbocycles. The largest absolute Gasteiger partial charge is 0.550 e. The zero-order valence-electron chi connectivity index (χ0n) is 6.61. The first kappa shape index (κ1) is 9.17. The van der Waals surface area contributed by atoms with Crippen LogP contribution in [-0.4, -0.2) is 33.6 Å². The van der Waals surface area contributed by atoms with Crippen LogP contribution in [0.1, 0.15) is 17.0 Å². The first-order chi connectivity index (χ1) is 6.20. The third-order valence-corrected chi connectivity index (χ3v) is 1.24. The highest BCUT2D eigenvalue weighted by molar-refractivity contribution is 5.90. The van der Waals surface area contributed by atoms with Gasteiger partial charge in [-0.25, -0.2) is 4.98 Å². The highest BCUT2D eigenvalue weighted by atomic mass is 16.4. The Morgan fingerprint density at radius 2 is 2.38 bits per heavy atom. The fraction of sp³-hybridized carbons (Fsp3) is 0.333. The van der Waals surface area contributed by atoms with Crippen molar-refractivity contribution in [1.29, 1.82) is 0 Å². The van der Waals surface area contributed by atoms with Gasteiger partial charge in [-0.2, -0.15) is 5.10 Å². The third kappa shape index (κ3) is 2.89. The van der Waals surface area contributed by atoms with E-state index in [2.05, 4.69) is 20.5 Å². The number of hydrogen-bond donors (Lipinski definition) is 2. The zero-order valence-corrected chi connectivity index (χ0v) is 6.61. The van der Waals surface area contributed by atoms with E-state index in [9.17, 15) is 14.7 Å². The highest BCUT2D eigenvalue weighted by Gasteiger charge is 2.06. The van der Waals surface area contributed by atoms with E-state index < -0.39 is 11.9 Å². The monoisotopic (exact) mass is 183 g/mol. The molecule has 0 aliphatic heterocycles. The minimum absolute atomic E-state index is 0.0157. The molecule has 0 unspecified atom stereocenters. The minimum atomic E-state index is -1.21. The van der Waals surface area contributed by atoms with Crippen LogP contribution in [-0.2, 0) is 4.79 Å². The van der Waals surface area contributed by atoms with Crippen LogP contribution in [0.2, 0.25) is 0 Å². The number of nitrogens with one attached hydrogen (secondary N) is 2. The lowest BCUT2D eigenvalue weighted by Crippen LogP contribution is -2.31. The van der Waals surface area contributed by atoms with Gasteiger partial charge in [0, 0.05) is 18.9 Å². The summed E-state index contributed by atoms with van der Waals surface area (Å²) in [5.74, 6) is -1.64. The summed E-state index contributed by atoms with van der Waals surface area (Å²) in [6.45, 7) is 0.0157. The number of hydrogen-bond acceptors (Lipinski definition) is 5. The molecule has 0 saturated carbocycles. The van der Waals surface area contributed by atoms with Gasteiger partial charge in [0.2, 0.25) is 5.82 Å².